The lowest BCUT2D eigenvalue weighted by Crippen LogP contribution is -2.44. The van der Waals surface area contributed by atoms with Gasteiger partial charge in [0.05, 0.1) is 5.69 Å². The fraction of sp³-hybridized carbons (Fsp3) is 0.233. The molecule has 0 saturated carbocycles. The van der Waals surface area contributed by atoms with Gasteiger partial charge in [-0.25, -0.2) is 13.8 Å². The fourth-order valence-corrected chi connectivity index (χ4v) is 4.50. The first-order valence-corrected chi connectivity index (χ1v) is 13.0. The number of nitrogens with one attached hydrogen (secondary N) is 2. The molecule has 3 aromatic carbocycles. The van der Waals surface area contributed by atoms with E-state index < -0.39 is 11.7 Å². The molecular weight excluding hydrogens is 514 g/mol. The average molecular weight is 545 g/mol. The van der Waals surface area contributed by atoms with Crippen molar-refractivity contribution in [2.45, 2.75) is 13.8 Å². The maximum atomic E-state index is 15.0. The van der Waals surface area contributed by atoms with Crippen molar-refractivity contribution >= 4 is 28.9 Å². The van der Waals surface area contributed by atoms with Crippen LogP contribution in [0.25, 0.3) is 0 Å². The fourth-order valence-electron chi connectivity index (χ4n) is 4.50. The summed E-state index contributed by atoms with van der Waals surface area (Å²) in [6.07, 6.45) is 1.30. The monoisotopic (exact) mass is 544 g/mol. The van der Waals surface area contributed by atoms with Gasteiger partial charge in [-0.1, -0.05) is 30.3 Å². The first kappa shape index (κ1) is 27.0. The summed E-state index contributed by atoms with van der Waals surface area (Å²) in [6, 6.07) is 16.3. The van der Waals surface area contributed by atoms with Gasteiger partial charge in [0.15, 0.2) is 11.6 Å². The van der Waals surface area contributed by atoms with E-state index in [1.54, 1.807) is 18.2 Å². The van der Waals surface area contributed by atoms with Crippen molar-refractivity contribution in [3.8, 4) is 11.6 Å². The van der Waals surface area contributed by atoms with E-state index >= 15 is 4.39 Å². The van der Waals surface area contributed by atoms with E-state index in [0.717, 1.165) is 37.3 Å². The van der Waals surface area contributed by atoms with E-state index in [2.05, 4.69) is 25.5 Å². The van der Waals surface area contributed by atoms with Gasteiger partial charge in [0, 0.05) is 43.8 Å². The molecule has 4 aromatic rings. The number of piperazine rings is 1. The van der Waals surface area contributed by atoms with Gasteiger partial charge in [0.1, 0.15) is 11.4 Å². The Hall–Kier alpha value is -4.57. The van der Waals surface area contributed by atoms with E-state index in [9.17, 15) is 9.18 Å². The minimum absolute atomic E-state index is 0.00745. The normalized spacial score (nSPS) is 13.7. The summed E-state index contributed by atoms with van der Waals surface area (Å²) in [7, 11) is 2.05. The summed E-state index contributed by atoms with van der Waals surface area (Å²) in [4.78, 5) is 26.1. The number of ether oxygens (including phenoxy) is 1. The van der Waals surface area contributed by atoms with Gasteiger partial charge in [-0.05, 0) is 62.4 Å². The lowest BCUT2D eigenvalue weighted by molar-refractivity contribution is 0.102. The summed E-state index contributed by atoms with van der Waals surface area (Å²) < 4.78 is 35.2. The van der Waals surface area contributed by atoms with Crippen molar-refractivity contribution in [3.63, 3.8) is 0 Å². The summed E-state index contributed by atoms with van der Waals surface area (Å²) in [6.45, 7) is 6.98. The molecule has 1 amide bonds. The molecule has 206 valence electrons. The zero-order chi connectivity index (χ0) is 28.2. The topological polar surface area (TPSA) is 82.6 Å². The first-order chi connectivity index (χ1) is 19.3. The molecular formula is C30H30F2N6O2. The van der Waals surface area contributed by atoms with Crippen LogP contribution >= 0.6 is 0 Å². The maximum Gasteiger partial charge on any atom is 0.262 e. The molecule has 5 rings (SSSR count). The third-order valence-corrected chi connectivity index (χ3v) is 6.81. The number of benzene rings is 3. The SMILES string of the molecule is Cc1cccc(C)c1NC(=O)c1cnc(Nc2ccc(N3CCN(C)CC3)c(F)c2)nc1Oc1ccccc1F. The van der Waals surface area contributed by atoms with E-state index in [1.807, 2.05) is 44.0 Å². The lowest BCUT2D eigenvalue weighted by Gasteiger charge is -2.34. The van der Waals surface area contributed by atoms with Crippen molar-refractivity contribution < 1.29 is 18.3 Å². The lowest BCUT2D eigenvalue weighted by atomic mass is 10.1. The Morgan fingerprint density at radius 1 is 0.925 bits per heavy atom. The third-order valence-electron chi connectivity index (χ3n) is 6.81. The maximum absolute atomic E-state index is 15.0. The van der Waals surface area contributed by atoms with Crippen LogP contribution in [-0.4, -0.2) is 54.0 Å². The number of anilines is 4. The largest absolute Gasteiger partial charge is 0.435 e. The molecule has 1 aliphatic rings. The van der Waals surface area contributed by atoms with Crippen LogP contribution in [0.1, 0.15) is 21.5 Å². The predicted molar refractivity (Wildman–Crippen MR) is 152 cm³/mol. The van der Waals surface area contributed by atoms with Crippen LogP contribution in [0.2, 0.25) is 0 Å². The predicted octanol–water partition coefficient (Wildman–Crippen LogP) is 5.91. The van der Waals surface area contributed by atoms with Gasteiger partial charge < -0.3 is 25.2 Å². The molecule has 2 heterocycles. The van der Waals surface area contributed by atoms with Crippen molar-refractivity contribution in [2.24, 2.45) is 0 Å². The molecule has 0 bridgehead atoms. The molecule has 0 spiro atoms. The number of carbonyl (C=O) groups is 1. The molecule has 1 aliphatic heterocycles. The van der Waals surface area contributed by atoms with Crippen molar-refractivity contribution in [1.29, 1.82) is 0 Å². The molecule has 0 atom stereocenters. The number of amides is 1. The molecule has 8 nitrogen and oxygen atoms in total. The Balaban J connectivity index is 1.42. The van der Waals surface area contributed by atoms with E-state index in [1.165, 1.54) is 30.5 Å². The van der Waals surface area contributed by atoms with Crippen LogP contribution in [0, 0.1) is 25.5 Å². The summed E-state index contributed by atoms with van der Waals surface area (Å²) in [5, 5.41) is 5.84. The van der Waals surface area contributed by atoms with Crippen molar-refractivity contribution in [2.75, 3.05) is 48.8 Å². The number of rotatable bonds is 7. The Morgan fingerprint density at radius 3 is 2.35 bits per heavy atom. The molecule has 10 heteroatoms. The standard InChI is InChI=1S/C30H30F2N6O2/c1-19-7-6-8-20(2)27(19)35-28(39)22-18-33-30(36-29(22)40-26-10-5-4-9-23(26)31)34-21-11-12-25(24(32)17-21)38-15-13-37(3)14-16-38/h4-12,17-18H,13-16H2,1-3H3,(H,35,39)(H,33,34,36). The zero-order valence-electron chi connectivity index (χ0n) is 22.5. The third kappa shape index (κ3) is 6.02. The number of halogens is 2. The smallest absolute Gasteiger partial charge is 0.262 e. The minimum Gasteiger partial charge on any atom is -0.435 e. The molecule has 1 fully saturated rings. The van der Waals surface area contributed by atoms with Crippen LogP contribution in [0.15, 0.2) is 66.9 Å². The number of likely N-dealkylation sites (N-methyl/N-ethyl adjacent to an activating group) is 1. The zero-order valence-corrected chi connectivity index (χ0v) is 22.5. The Kier molecular flexibility index (Phi) is 7.88. The highest BCUT2D eigenvalue weighted by Gasteiger charge is 2.21. The van der Waals surface area contributed by atoms with E-state index in [4.69, 9.17) is 4.74 Å². The van der Waals surface area contributed by atoms with E-state index in [-0.39, 0.29) is 29.0 Å². The molecule has 1 saturated heterocycles. The molecule has 0 aliphatic carbocycles. The van der Waals surface area contributed by atoms with Crippen LogP contribution in [-0.2, 0) is 0 Å². The van der Waals surface area contributed by atoms with Crippen LogP contribution < -0.4 is 20.3 Å². The number of hydrogen-bond acceptors (Lipinski definition) is 7. The van der Waals surface area contributed by atoms with Crippen LogP contribution in [0.4, 0.5) is 31.8 Å². The van der Waals surface area contributed by atoms with Gasteiger partial charge in [-0.15, -0.1) is 0 Å². The summed E-state index contributed by atoms with van der Waals surface area (Å²) in [5.41, 5.74) is 3.37. The molecule has 0 unspecified atom stereocenters. The Bertz CT molecular complexity index is 1520. The summed E-state index contributed by atoms with van der Waals surface area (Å²) >= 11 is 0. The number of carbonyl (C=O) groups excluding carboxylic acids is 1. The number of aromatic nitrogens is 2. The highest BCUT2D eigenvalue weighted by atomic mass is 19.1. The van der Waals surface area contributed by atoms with Crippen LogP contribution in [0.5, 0.6) is 11.6 Å². The van der Waals surface area contributed by atoms with Gasteiger partial charge in [0.2, 0.25) is 11.8 Å². The number of aryl methyl sites for hydroxylation is 2. The number of para-hydroxylation sites is 2. The Morgan fingerprint density at radius 2 is 1.65 bits per heavy atom. The quantitative estimate of drug-likeness (QED) is 0.299. The molecule has 40 heavy (non-hydrogen) atoms. The first-order valence-electron chi connectivity index (χ1n) is 13.0. The number of nitrogens with zero attached hydrogens (tertiary/aromatic N) is 4. The number of hydrogen-bond donors (Lipinski definition) is 2. The molecule has 2 N–H and O–H groups in total. The minimum atomic E-state index is -0.613. The van der Waals surface area contributed by atoms with E-state index in [0.29, 0.717) is 17.1 Å². The van der Waals surface area contributed by atoms with Crippen molar-refractivity contribution in [3.05, 3.63) is 95.2 Å². The molecule has 0 radical (unpaired) electrons. The van der Waals surface area contributed by atoms with Gasteiger partial charge in [0.25, 0.3) is 5.91 Å². The summed E-state index contributed by atoms with van der Waals surface area (Å²) in [5.74, 6) is -1.70. The van der Waals surface area contributed by atoms with Gasteiger partial charge in [-0.3, -0.25) is 4.79 Å². The highest BCUT2D eigenvalue weighted by molar-refractivity contribution is 6.06. The second-order valence-electron chi connectivity index (χ2n) is 9.75. The molecule has 1 aromatic heterocycles. The average Bonchev–Trinajstić information content (AvgIpc) is 2.93. The Labute approximate surface area is 231 Å². The van der Waals surface area contributed by atoms with Gasteiger partial charge >= 0.3 is 0 Å². The highest BCUT2D eigenvalue weighted by Crippen LogP contribution is 2.30. The van der Waals surface area contributed by atoms with Gasteiger partial charge in [-0.2, -0.15) is 4.98 Å². The van der Waals surface area contributed by atoms with Crippen molar-refractivity contribution in [1.82, 2.24) is 14.9 Å². The second kappa shape index (κ2) is 11.7. The second-order valence-corrected chi connectivity index (χ2v) is 9.75. The van der Waals surface area contributed by atoms with Crippen LogP contribution in [0.3, 0.4) is 0 Å².